The average Bonchev–Trinajstić information content (AvgIpc) is 3.08. The van der Waals surface area contributed by atoms with Crippen molar-refractivity contribution in [3.63, 3.8) is 0 Å². The van der Waals surface area contributed by atoms with Crippen molar-refractivity contribution in [1.29, 1.82) is 0 Å². The molecule has 1 aromatic rings. The summed E-state index contributed by atoms with van der Waals surface area (Å²) < 4.78 is 0. The van der Waals surface area contributed by atoms with Gasteiger partial charge in [-0.3, -0.25) is 4.79 Å². The summed E-state index contributed by atoms with van der Waals surface area (Å²) in [4.78, 5) is 17.6. The number of aliphatic hydroxyl groups is 1. The van der Waals surface area contributed by atoms with Crippen LogP contribution < -0.4 is 0 Å². The molecule has 5 fully saturated rings. The minimum absolute atomic E-state index is 0.213. The molecular formula is C25H35NO2S. The molecule has 5 aliphatic rings. The zero-order chi connectivity index (χ0) is 20.0. The lowest BCUT2D eigenvalue weighted by Gasteiger charge is -2.56. The Morgan fingerprint density at radius 1 is 1.10 bits per heavy atom. The van der Waals surface area contributed by atoms with Gasteiger partial charge in [0, 0.05) is 17.5 Å². The molecule has 29 heavy (non-hydrogen) atoms. The molecule has 0 aromatic carbocycles. The van der Waals surface area contributed by atoms with E-state index in [2.05, 4.69) is 18.8 Å². The Bertz CT molecular complexity index is 808. The first-order valence-electron chi connectivity index (χ1n) is 12.1. The molecule has 10 atom stereocenters. The first kappa shape index (κ1) is 19.0. The van der Waals surface area contributed by atoms with E-state index in [9.17, 15) is 9.90 Å². The van der Waals surface area contributed by atoms with Crippen molar-refractivity contribution < 1.29 is 9.90 Å². The minimum Gasteiger partial charge on any atom is -0.389 e. The number of aromatic nitrogens is 1. The Morgan fingerprint density at radius 3 is 2.66 bits per heavy atom. The Morgan fingerprint density at radius 2 is 1.86 bits per heavy atom. The first-order valence-corrected chi connectivity index (χ1v) is 12.9. The minimum atomic E-state index is -0.308. The van der Waals surface area contributed by atoms with Crippen LogP contribution in [0.15, 0.2) is 11.6 Å². The number of hydrogen-bond acceptors (Lipinski definition) is 4. The molecule has 5 aliphatic carbocycles. The summed E-state index contributed by atoms with van der Waals surface area (Å²) in [6, 6.07) is 0. The van der Waals surface area contributed by atoms with Gasteiger partial charge in [0.1, 0.15) is 5.78 Å². The second-order valence-corrected chi connectivity index (χ2v) is 12.4. The number of hydrogen-bond donors (Lipinski definition) is 1. The van der Waals surface area contributed by atoms with Gasteiger partial charge in [-0.15, -0.1) is 11.3 Å². The van der Waals surface area contributed by atoms with E-state index in [1.54, 1.807) is 11.3 Å². The molecule has 6 rings (SSSR count). The summed E-state index contributed by atoms with van der Waals surface area (Å²) in [6.45, 7) is 4.74. The lowest BCUT2D eigenvalue weighted by atomic mass is 9.49. The van der Waals surface area contributed by atoms with Crippen LogP contribution in [0.3, 0.4) is 0 Å². The van der Waals surface area contributed by atoms with Crippen molar-refractivity contribution in [3.8, 4) is 0 Å². The third-order valence-corrected chi connectivity index (χ3v) is 11.5. The molecule has 1 N–H and O–H groups in total. The standard InChI is InChI=1S/C25H35NO2S/c1-14-23-18-4-3-17-15(16(18)8-10-25(14,23)28)7-9-24(2)19(17)5-6-20(24)21(27)13-22-26-11-12-29-22/h11-12,14-20,23,28H,3-10,13H2,1-2H3/t14?,15-,16-,17-,18-,19+,20-,23?,24+,25+/m1/s1. The van der Waals surface area contributed by atoms with E-state index in [1.165, 1.54) is 38.5 Å². The van der Waals surface area contributed by atoms with Crippen LogP contribution in [0.1, 0.15) is 70.2 Å². The Balaban J connectivity index is 1.21. The van der Waals surface area contributed by atoms with Crippen LogP contribution in [0, 0.1) is 52.8 Å². The summed E-state index contributed by atoms with van der Waals surface area (Å²) in [7, 11) is 0. The quantitative estimate of drug-likeness (QED) is 0.747. The Hall–Kier alpha value is -0.740. The highest BCUT2D eigenvalue weighted by molar-refractivity contribution is 7.09. The van der Waals surface area contributed by atoms with Crippen molar-refractivity contribution in [2.24, 2.45) is 52.8 Å². The third kappa shape index (κ3) is 2.57. The summed E-state index contributed by atoms with van der Waals surface area (Å²) >= 11 is 1.62. The Labute approximate surface area is 178 Å². The van der Waals surface area contributed by atoms with E-state index >= 15 is 0 Å². The zero-order valence-corrected chi connectivity index (χ0v) is 18.7. The topological polar surface area (TPSA) is 50.2 Å². The van der Waals surface area contributed by atoms with Crippen molar-refractivity contribution in [3.05, 3.63) is 16.6 Å². The molecule has 5 saturated carbocycles. The molecule has 2 unspecified atom stereocenters. The summed E-state index contributed by atoms with van der Waals surface area (Å²) in [6.07, 6.45) is 12.2. The van der Waals surface area contributed by atoms with Crippen LogP contribution in [0.4, 0.5) is 0 Å². The van der Waals surface area contributed by atoms with E-state index in [0.717, 1.165) is 47.4 Å². The van der Waals surface area contributed by atoms with E-state index in [1.807, 2.05) is 11.6 Å². The SMILES string of the molecule is CC1C2[C@@H]3CC[C@@H]4[C@H](CC[C@]5(C)[C@@H](C(=O)Cc6nccs6)CC[C@@H]45)[C@H]3CC[C@]12O. The van der Waals surface area contributed by atoms with Gasteiger partial charge in [-0.05, 0) is 98.2 Å². The van der Waals surface area contributed by atoms with Crippen LogP contribution in [-0.4, -0.2) is 21.5 Å². The summed E-state index contributed by atoms with van der Waals surface area (Å²) in [5, 5.41) is 13.9. The van der Waals surface area contributed by atoms with E-state index < -0.39 is 0 Å². The number of fused-ring (bicyclic) bond motifs is 7. The predicted octanol–water partition coefficient (Wildman–Crippen LogP) is 5.13. The molecule has 158 valence electrons. The molecule has 1 aromatic heterocycles. The first-order chi connectivity index (χ1) is 13.9. The summed E-state index contributed by atoms with van der Waals surface area (Å²) in [5.74, 6) is 5.86. The number of rotatable bonds is 3. The van der Waals surface area contributed by atoms with Gasteiger partial charge in [0.2, 0.25) is 0 Å². The fraction of sp³-hybridized carbons (Fsp3) is 0.840. The number of ketones is 1. The maximum absolute atomic E-state index is 13.2. The van der Waals surface area contributed by atoms with E-state index in [0.29, 0.717) is 24.0 Å². The highest BCUT2D eigenvalue weighted by Gasteiger charge is 2.69. The number of Topliss-reactive ketones (excluding diaryl/α,β-unsaturated/α-hetero) is 1. The van der Waals surface area contributed by atoms with Gasteiger partial charge in [-0.25, -0.2) is 4.98 Å². The van der Waals surface area contributed by atoms with E-state index in [4.69, 9.17) is 0 Å². The maximum atomic E-state index is 13.2. The number of thiazole rings is 1. The lowest BCUT2D eigenvalue weighted by molar-refractivity contribution is -0.130. The average molecular weight is 414 g/mol. The molecule has 3 nitrogen and oxygen atoms in total. The van der Waals surface area contributed by atoms with Gasteiger partial charge < -0.3 is 5.11 Å². The molecule has 0 amide bonds. The highest BCUT2D eigenvalue weighted by Crippen LogP contribution is 2.70. The number of nitrogens with zero attached hydrogens (tertiary/aromatic N) is 1. The molecule has 0 radical (unpaired) electrons. The van der Waals surface area contributed by atoms with Gasteiger partial charge in [-0.2, -0.15) is 0 Å². The fourth-order valence-electron chi connectivity index (χ4n) is 9.38. The molecule has 0 aliphatic heterocycles. The largest absolute Gasteiger partial charge is 0.389 e. The van der Waals surface area contributed by atoms with Crippen LogP contribution in [0.5, 0.6) is 0 Å². The van der Waals surface area contributed by atoms with Gasteiger partial charge in [-0.1, -0.05) is 13.8 Å². The van der Waals surface area contributed by atoms with Gasteiger partial charge >= 0.3 is 0 Å². The van der Waals surface area contributed by atoms with Crippen LogP contribution in [0.2, 0.25) is 0 Å². The molecule has 4 heteroatoms. The lowest BCUT2D eigenvalue weighted by Crippen LogP contribution is -2.50. The van der Waals surface area contributed by atoms with Gasteiger partial charge in [0.05, 0.1) is 17.0 Å². The third-order valence-electron chi connectivity index (χ3n) is 10.8. The highest BCUT2D eigenvalue weighted by atomic mass is 32.1. The monoisotopic (exact) mass is 413 g/mol. The van der Waals surface area contributed by atoms with Crippen LogP contribution in [-0.2, 0) is 11.2 Å². The van der Waals surface area contributed by atoms with Gasteiger partial charge in [0.25, 0.3) is 0 Å². The van der Waals surface area contributed by atoms with Crippen molar-refractivity contribution in [1.82, 2.24) is 4.98 Å². The fourth-order valence-corrected chi connectivity index (χ4v) is 10.0. The number of carbonyl (C=O) groups excluding carboxylic acids is 1. The van der Waals surface area contributed by atoms with Crippen molar-refractivity contribution in [2.45, 2.75) is 77.2 Å². The molecule has 0 saturated heterocycles. The predicted molar refractivity (Wildman–Crippen MR) is 114 cm³/mol. The summed E-state index contributed by atoms with van der Waals surface area (Å²) in [5.41, 5.74) is -0.0947. The maximum Gasteiger partial charge on any atom is 0.143 e. The van der Waals surface area contributed by atoms with Crippen LogP contribution in [0.25, 0.3) is 0 Å². The molecular weight excluding hydrogens is 378 g/mol. The molecule has 0 spiro atoms. The number of carbonyl (C=O) groups is 1. The normalized spacial score (nSPS) is 52.8. The molecule has 0 bridgehead atoms. The molecule has 1 heterocycles. The smallest absolute Gasteiger partial charge is 0.143 e. The van der Waals surface area contributed by atoms with Crippen molar-refractivity contribution >= 4 is 17.1 Å². The Kier molecular flexibility index (Phi) is 4.18. The van der Waals surface area contributed by atoms with Crippen LogP contribution >= 0.6 is 11.3 Å². The zero-order valence-electron chi connectivity index (χ0n) is 17.8. The second-order valence-electron chi connectivity index (χ2n) is 11.4. The van der Waals surface area contributed by atoms with Crippen molar-refractivity contribution in [2.75, 3.05) is 0 Å². The second kappa shape index (κ2) is 6.38. The van der Waals surface area contributed by atoms with E-state index in [-0.39, 0.29) is 16.9 Å². The van der Waals surface area contributed by atoms with Gasteiger partial charge in [0.15, 0.2) is 0 Å².